The number of thiazole rings is 1. The molecule has 1 amide bonds. The van der Waals surface area contributed by atoms with Crippen LogP contribution in [0.2, 0.25) is 0 Å². The maximum Gasteiger partial charge on any atom is 0.263 e. The number of fused-ring (bicyclic) bond motifs is 1. The average Bonchev–Trinajstić information content (AvgIpc) is 3.25. The van der Waals surface area contributed by atoms with Gasteiger partial charge in [-0.2, -0.15) is 0 Å². The molecule has 2 heterocycles. The lowest BCUT2D eigenvalue weighted by Gasteiger charge is -2.17. The third kappa shape index (κ3) is 4.57. The number of aromatic nitrogens is 2. The monoisotopic (exact) mass is 384 g/mol. The van der Waals surface area contributed by atoms with Crippen LogP contribution in [0.3, 0.4) is 0 Å². The number of hydrogen-bond acceptors (Lipinski definition) is 4. The lowest BCUT2D eigenvalue weighted by molar-refractivity contribution is 0.0955. The zero-order valence-electron chi connectivity index (χ0n) is 16.4. The first-order valence-corrected chi connectivity index (χ1v) is 10.5. The van der Waals surface area contributed by atoms with Crippen LogP contribution in [0.25, 0.3) is 16.2 Å². The van der Waals surface area contributed by atoms with Crippen LogP contribution in [0.15, 0.2) is 36.5 Å². The van der Waals surface area contributed by atoms with Crippen molar-refractivity contribution in [2.24, 2.45) is 0 Å². The Labute approximate surface area is 165 Å². The summed E-state index contributed by atoms with van der Waals surface area (Å²) in [7, 11) is 0. The van der Waals surface area contributed by atoms with Crippen LogP contribution in [-0.2, 0) is 0 Å². The van der Waals surface area contributed by atoms with Crippen molar-refractivity contribution in [3.05, 3.63) is 47.1 Å². The van der Waals surface area contributed by atoms with Gasteiger partial charge in [-0.25, -0.2) is 4.98 Å². The Balaban J connectivity index is 1.59. The van der Waals surface area contributed by atoms with E-state index in [0.717, 1.165) is 65.8 Å². The average molecular weight is 385 g/mol. The molecule has 0 bridgehead atoms. The Hall–Kier alpha value is -2.18. The minimum Gasteiger partial charge on any atom is -0.351 e. The van der Waals surface area contributed by atoms with Gasteiger partial charge in [-0.3, -0.25) is 9.20 Å². The molecule has 5 nitrogen and oxygen atoms in total. The molecule has 0 aliphatic heterocycles. The first-order chi connectivity index (χ1) is 13.1. The second kappa shape index (κ2) is 9.15. The van der Waals surface area contributed by atoms with Crippen molar-refractivity contribution in [3.8, 4) is 11.3 Å². The minimum absolute atomic E-state index is 0.00657. The largest absolute Gasteiger partial charge is 0.351 e. The summed E-state index contributed by atoms with van der Waals surface area (Å²) >= 11 is 1.46. The Morgan fingerprint density at radius 3 is 2.59 bits per heavy atom. The van der Waals surface area contributed by atoms with Gasteiger partial charge in [0.2, 0.25) is 0 Å². The maximum atomic E-state index is 12.5. The highest BCUT2D eigenvalue weighted by molar-refractivity contribution is 7.19. The van der Waals surface area contributed by atoms with Gasteiger partial charge in [0.15, 0.2) is 4.96 Å². The molecule has 1 N–H and O–H groups in total. The van der Waals surface area contributed by atoms with Gasteiger partial charge in [0.05, 0.1) is 5.69 Å². The molecule has 0 atom stereocenters. The summed E-state index contributed by atoms with van der Waals surface area (Å²) in [6, 6.07) is 10.1. The lowest BCUT2D eigenvalue weighted by Crippen LogP contribution is -2.27. The molecule has 1 aromatic carbocycles. The predicted molar refractivity (Wildman–Crippen MR) is 113 cm³/mol. The highest BCUT2D eigenvalue weighted by Crippen LogP contribution is 2.27. The first-order valence-electron chi connectivity index (χ1n) is 9.68. The maximum absolute atomic E-state index is 12.5. The van der Waals surface area contributed by atoms with Crippen LogP contribution in [0.4, 0.5) is 0 Å². The summed E-state index contributed by atoms with van der Waals surface area (Å²) in [4.78, 5) is 21.3. The van der Waals surface area contributed by atoms with E-state index in [1.165, 1.54) is 11.3 Å². The number of amides is 1. The van der Waals surface area contributed by atoms with Crippen molar-refractivity contribution in [1.29, 1.82) is 0 Å². The van der Waals surface area contributed by atoms with Gasteiger partial charge >= 0.3 is 0 Å². The van der Waals surface area contributed by atoms with E-state index in [0.29, 0.717) is 0 Å². The molecule has 144 valence electrons. The summed E-state index contributed by atoms with van der Waals surface area (Å²) in [5, 5.41) is 3.06. The summed E-state index contributed by atoms with van der Waals surface area (Å²) in [6.45, 7) is 10.3. The summed E-state index contributed by atoms with van der Waals surface area (Å²) in [6.07, 6.45) is 4.12. The van der Waals surface area contributed by atoms with Gasteiger partial charge in [0.25, 0.3) is 5.91 Å². The fourth-order valence-corrected chi connectivity index (χ4v) is 4.22. The minimum atomic E-state index is 0.00657. The van der Waals surface area contributed by atoms with E-state index in [9.17, 15) is 4.79 Å². The van der Waals surface area contributed by atoms with Gasteiger partial charge in [-0.15, -0.1) is 0 Å². The third-order valence-electron chi connectivity index (χ3n) is 4.91. The molecule has 0 saturated carbocycles. The molecule has 0 aliphatic rings. The number of imidazole rings is 1. The van der Waals surface area contributed by atoms with E-state index in [4.69, 9.17) is 4.98 Å². The van der Waals surface area contributed by atoms with Crippen molar-refractivity contribution < 1.29 is 4.79 Å². The second-order valence-electron chi connectivity index (χ2n) is 6.65. The van der Waals surface area contributed by atoms with E-state index in [-0.39, 0.29) is 5.91 Å². The lowest BCUT2D eigenvalue weighted by atomic mass is 10.2. The SMILES string of the molecule is CCN(CC)CCCCNC(=O)c1sc2nc(-c3ccccc3)cn2c1C. The van der Waals surface area contributed by atoms with Gasteiger partial charge in [-0.05, 0) is 39.4 Å². The molecule has 3 aromatic rings. The van der Waals surface area contributed by atoms with Crippen molar-refractivity contribution in [1.82, 2.24) is 19.6 Å². The molecule has 0 fully saturated rings. The van der Waals surface area contributed by atoms with E-state index < -0.39 is 0 Å². The summed E-state index contributed by atoms with van der Waals surface area (Å²) in [5.74, 6) is 0.00657. The van der Waals surface area contributed by atoms with Crippen molar-refractivity contribution >= 4 is 22.2 Å². The molecule has 6 heteroatoms. The van der Waals surface area contributed by atoms with E-state index in [1.54, 1.807) is 0 Å². The Bertz CT molecular complexity index is 880. The number of aryl methyl sites for hydroxylation is 1. The summed E-state index contributed by atoms with van der Waals surface area (Å²) < 4.78 is 2.02. The van der Waals surface area contributed by atoms with E-state index in [2.05, 4.69) is 24.1 Å². The molecule has 0 radical (unpaired) electrons. The second-order valence-corrected chi connectivity index (χ2v) is 7.63. The highest BCUT2D eigenvalue weighted by Gasteiger charge is 2.17. The van der Waals surface area contributed by atoms with Crippen LogP contribution in [0.1, 0.15) is 42.1 Å². The molecular weight excluding hydrogens is 356 g/mol. The molecular formula is C21H28N4OS. The van der Waals surface area contributed by atoms with Crippen molar-refractivity contribution in [2.45, 2.75) is 33.6 Å². The standard InChI is InChI=1S/C21H28N4OS/c1-4-24(5-2)14-10-9-13-22-20(26)19-16(3)25-15-18(23-21(25)27-19)17-11-7-6-8-12-17/h6-8,11-12,15H,4-5,9-10,13-14H2,1-3H3,(H,22,26). The fraction of sp³-hybridized carbons (Fsp3) is 0.429. The number of unbranched alkanes of at least 4 members (excludes halogenated alkanes) is 1. The topological polar surface area (TPSA) is 49.6 Å². The Morgan fingerprint density at radius 1 is 1.19 bits per heavy atom. The summed E-state index contributed by atoms with van der Waals surface area (Å²) in [5.41, 5.74) is 2.98. The van der Waals surface area contributed by atoms with Crippen molar-refractivity contribution in [2.75, 3.05) is 26.2 Å². The van der Waals surface area contributed by atoms with Gasteiger partial charge in [-0.1, -0.05) is 55.5 Å². The number of hydrogen-bond donors (Lipinski definition) is 1. The van der Waals surface area contributed by atoms with Crippen molar-refractivity contribution in [3.63, 3.8) is 0 Å². The highest BCUT2D eigenvalue weighted by atomic mass is 32.1. The van der Waals surface area contributed by atoms with Crippen LogP contribution in [0.5, 0.6) is 0 Å². The molecule has 0 spiro atoms. The van der Waals surface area contributed by atoms with Crippen LogP contribution in [0, 0.1) is 6.92 Å². The normalized spacial score (nSPS) is 11.4. The Kier molecular flexibility index (Phi) is 6.63. The number of nitrogens with zero attached hydrogens (tertiary/aromatic N) is 3. The predicted octanol–water partition coefficient (Wildman–Crippen LogP) is 4.22. The quantitative estimate of drug-likeness (QED) is 0.562. The van der Waals surface area contributed by atoms with Gasteiger partial charge in [0.1, 0.15) is 4.88 Å². The molecule has 0 aliphatic carbocycles. The zero-order valence-corrected chi connectivity index (χ0v) is 17.2. The van der Waals surface area contributed by atoms with Crippen LogP contribution < -0.4 is 5.32 Å². The van der Waals surface area contributed by atoms with E-state index in [1.807, 2.05) is 47.9 Å². The number of benzene rings is 1. The van der Waals surface area contributed by atoms with Crippen LogP contribution >= 0.6 is 11.3 Å². The van der Waals surface area contributed by atoms with Crippen LogP contribution in [-0.4, -0.2) is 46.4 Å². The molecule has 27 heavy (non-hydrogen) atoms. The molecule has 2 aromatic heterocycles. The molecule has 3 rings (SSSR count). The Morgan fingerprint density at radius 2 is 1.93 bits per heavy atom. The van der Waals surface area contributed by atoms with E-state index >= 15 is 0 Å². The number of rotatable bonds is 9. The van der Waals surface area contributed by atoms with Gasteiger partial charge in [0, 0.05) is 24.0 Å². The smallest absolute Gasteiger partial charge is 0.263 e. The zero-order chi connectivity index (χ0) is 19.2. The first kappa shape index (κ1) is 19.6. The molecule has 0 saturated heterocycles. The fourth-order valence-electron chi connectivity index (χ4n) is 3.19. The van der Waals surface area contributed by atoms with Gasteiger partial charge < -0.3 is 10.2 Å². The number of carbonyl (C=O) groups is 1. The number of carbonyl (C=O) groups excluding carboxylic acids is 1. The number of nitrogens with one attached hydrogen (secondary N) is 1. The molecule has 0 unspecified atom stereocenters. The third-order valence-corrected chi connectivity index (χ3v) is 6.07.